The highest BCUT2D eigenvalue weighted by Crippen LogP contribution is 2.32. The van der Waals surface area contributed by atoms with E-state index in [9.17, 15) is 4.79 Å². The van der Waals surface area contributed by atoms with E-state index in [1.54, 1.807) is 0 Å². The van der Waals surface area contributed by atoms with Gasteiger partial charge in [0, 0.05) is 62.3 Å². The highest BCUT2D eigenvalue weighted by molar-refractivity contribution is 5.91. The van der Waals surface area contributed by atoms with Crippen molar-refractivity contribution in [1.82, 2.24) is 4.90 Å². The zero-order valence-electron chi connectivity index (χ0n) is 16.8. The van der Waals surface area contributed by atoms with Crippen molar-refractivity contribution in [3.8, 4) is 11.5 Å². The van der Waals surface area contributed by atoms with Crippen molar-refractivity contribution in [2.24, 2.45) is 0 Å². The summed E-state index contributed by atoms with van der Waals surface area (Å²) in [6.45, 7) is 5.92. The molecule has 2 heterocycles. The molecule has 1 amide bonds. The summed E-state index contributed by atoms with van der Waals surface area (Å²) in [6.07, 6.45) is 0.384. The predicted molar refractivity (Wildman–Crippen MR) is 115 cm³/mol. The summed E-state index contributed by atoms with van der Waals surface area (Å²) in [4.78, 5) is 17.0. The molecule has 1 saturated heterocycles. The molecule has 2 N–H and O–H groups in total. The summed E-state index contributed by atoms with van der Waals surface area (Å²) in [5.41, 5.74) is 2.95. The molecule has 0 aliphatic carbocycles. The maximum absolute atomic E-state index is 12.2. The summed E-state index contributed by atoms with van der Waals surface area (Å²) >= 11 is 0. The molecule has 0 radical (unpaired) electrons. The first-order valence-corrected chi connectivity index (χ1v) is 10.1. The first kappa shape index (κ1) is 19.4. The smallest absolute Gasteiger partial charge is 0.226 e. The van der Waals surface area contributed by atoms with E-state index in [1.807, 2.05) is 30.3 Å². The Kier molecular flexibility index (Phi) is 6.05. The minimum atomic E-state index is -0.0117. The molecule has 0 unspecified atom stereocenters. The number of piperazine rings is 1. The fourth-order valence-corrected chi connectivity index (χ4v) is 3.52. The Morgan fingerprint density at radius 3 is 2.38 bits per heavy atom. The molecule has 0 bridgehead atoms. The SMILES string of the molecule is CN1CCN(c2ccc(NC(=O)CCNc3ccc4c(c3)OCCO4)cc2)CC1. The molecule has 2 aliphatic heterocycles. The van der Waals surface area contributed by atoms with Crippen molar-refractivity contribution in [2.75, 3.05) is 68.5 Å². The number of ether oxygens (including phenoxy) is 2. The van der Waals surface area contributed by atoms with Crippen LogP contribution in [0, 0.1) is 0 Å². The van der Waals surface area contributed by atoms with Gasteiger partial charge < -0.3 is 29.9 Å². The second-order valence-corrected chi connectivity index (χ2v) is 7.42. The number of hydrogen-bond donors (Lipinski definition) is 2. The van der Waals surface area contributed by atoms with E-state index in [0.717, 1.165) is 49.1 Å². The Labute approximate surface area is 171 Å². The summed E-state index contributed by atoms with van der Waals surface area (Å²) in [5.74, 6) is 1.49. The second kappa shape index (κ2) is 9.05. The van der Waals surface area contributed by atoms with Crippen molar-refractivity contribution in [2.45, 2.75) is 6.42 Å². The Morgan fingerprint density at radius 1 is 0.931 bits per heavy atom. The highest BCUT2D eigenvalue weighted by atomic mass is 16.6. The topological polar surface area (TPSA) is 66.1 Å². The molecular weight excluding hydrogens is 368 g/mol. The molecule has 4 rings (SSSR count). The van der Waals surface area contributed by atoms with Gasteiger partial charge in [-0.1, -0.05) is 0 Å². The van der Waals surface area contributed by atoms with Gasteiger partial charge in [-0.15, -0.1) is 0 Å². The summed E-state index contributed by atoms with van der Waals surface area (Å²) in [5, 5.41) is 6.23. The number of rotatable bonds is 6. The molecule has 1 fully saturated rings. The minimum absolute atomic E-state index is 0.0117. The number of nitrogens with zero attached hydrogens (tertiary/aromatic N) is 2. The van der Waals surface area contributed by atoms with E-state index in [0.29, 0.717) is 26.2 Å². The number of likely N-dealkylation sites (N-methyl/N-ethyl adjacent to an activating group) is 1. The van der Waals surface area contributed by atoms with Crippen LogP contribution in [-0.4, -0.2) is 63.8 Å². The van der Waals surface area contributed by atoms with Gasteiger partial charge in [0.25, 0.3) is 0 Å². The van der Waals surface area contributed by atoms with Crippen molar-refractivity contribution in [3.63, 3.8) is 0 Å². The van der Waals surface area contributed by atoms with E-state index in [4.69, 9.17) is 9.47 Å². The number of carbonyl (C=O) groups excluding carboxylic acids is 1. The van der Waals surface area contributed by atoms with Crippen LogP contribution in [-0.2, 0) is 4.79 Å². The van der Waals surface area contributed by atoms with E-state index in [-0.39, 0.29) is 5.91 Å². The van der Waals surface area contributed by atoms with Gasteiger partial charge in [-0.25, -0.2) is 0 Å². The lowest BCUT2D eigenvalue weighted by Gasteiger charge is -2.34. The van der Waals surface area contributed by atoms with Gasteiger partial charge in [-0.3, -0.25) is 4.79 Å². The van der Waals surface area contributed by atoms with Gasteiger partial charge in [-0.2, -0.15) is 0 Å². The van der Waals surface area contributed by atoms with Crippen LogP contribution in [0.3, 0.4) is 0 Å². The third kappa shape index (κ3) is 5.12. The first-order valence-electron chi connectivity index (χ1n) is 10.1. The fraction of sp³-hybridized carbons (Fsp3) is 0.409. The Bertz CT molecular complexity index is 832. The van der Waals surface area contributed by atoms with Crippen LogP contribution >= 0.6 is 0 Å². The molecule has 0 atom stereocenters. The molecule has 0 saturated carbocycles. The first-order chi connectivity index (χ1) is 14.2. The lowest BCUT2D eigenvalue weighted by Crippen LogP contribution is -2.44. The number of fused-ring (bicyclic) bond motifs is 1. The van der Waals surface area contributed by atoms with Crippen LogP contribution in [0.25, 0.3) is 0 Å². The molecule has 7 heteroatoms. The van der Waals surface area contributed by atoms with Crippen molar-refractivity contribution in [3.05, 3.63) is 42.5 Å². The van der Waals surface area contributed by atoms with Crippen LogP contribution in [0.5, 0.6) is 11.5 Å². The van der Waals surface area contributed by atoms with Crippen molar-refractivity contribution >= 4 is 23.0 Å². The fourth-order valence-electron chi connectivity index (χ4n) is 3.52. The van der Waals surface area contributed by atoms with Gasteiger partial charge in [-0.05, 0) is 43.4 Å². The highest BCUT2D eigenvalue weighted by Gasteiger charge is 2.14. The van der Waals surface area contributed by atoms with Crippen LogP contribution in [0.2, 0.25) is 0 Å². The normalized spacial score (nSPS) is 16.4. The lowest BCUT2D eigenvalue weighted by atomic mass is 10.2. The van der Waals surface area contributed by atoms with Crippen LogP contribution in [0.1, 0.15) is 6.42 Å². The molecule has 29 heavy (non-hydrogen) atoms. The average molecular weight is 396 g/mol. The third-order valence-electron chi connectivity index (χ3n) is 5.24. The molecule has 2 aliphatic rings. The number of amides is 1. The van der Waals surface area contributed by atoms with Gasteiger partial charge in [0.15, 0.2) is 11.5 Å². The lowest BCUT2D eigenvalue weighted by molar-refractivity contribution is -0.115. The van der Waals surface area contributed by atoms with Gasteiger partial charge in [0.1, 0.15) is 13.2 Å². The predicted octanol–water partition coefficient (Wildman–Crippen LogP) is 2.65. The van der Waals surface area contributed by atoms with Crippen molar-refractivity contribution < 1.29 is 14.3 Å². The number of nitrogens with one attached hydrogen (secondary N) is 2. The Hall–Kier alpha value is -2.93. The number of carbonyl (C=O) groups is 1. The second-order valence-electron chi connectivity index (χ2n) is 7.42. The maximum Gasteiger partial charge on any atom is 0.226 e. The number of anilines is 3. The summed E-state index contributed by atoms with van der Waals surface area (Å²) in [7, 11) is 2.15. The molecule has 154 valence electrons. The van der Waals surface area contributed by atoms with Crippen LogP contribution in [0.4, 0.5) is 17.1 Å². The molecule has 0 aromatic heterocycles. The maximum atomic E-state index is 12.2. The molecule has 2 aromatic rings. The zero-order valence-corrected chi connectivity index (χ0v) is 16.8. The number of hydrogen-bond acceptors (Lipinski definition) is 6. The molecule has 7 nitrogen and oxygen atoms in total. The Balaban J connectivity index is 1.22. The van der Waals surface area contributed by atoms with E-state index in [1.165, 1.54) is 5.69 Å². The van der Waals surface area contributed by atoms with Crippen LogP contribution < -0.4 is 25.0 Å². The molecule has 0 spiro atoms. The zero-order chi connectivity index (χ0) is 20.1. The van der Waals surface area contributed by atoms with E-state index < -0.39 is 0 Å². The third-order valence-corrected chi connectivity index (χ3v) is 5.24. The van der Waals surface area contributed by atoms with E-state index in [2.05, 4.69) is 39.6 Å². The van der Waals surface area contributed by atoms with Crippen LogP contribution in [0.15, 0.2) is 42.5 Å². The van der Waals surface area contributed by atoms with Gasteiger partial charge >= 0.3 is 0 Å². The quantitative estimate of drug-likeness (QED) is 0.783. The monoisotopic (exact) mass is 396 g/mol. The minimum Gasteiger partial charge on any atom is -0.486 e. The largest absolute Gasteiger partial charge is 0.486 e. The summed E-state index contributed by atoms with van der Waals surface area (Å²) in [6, 6.07) is 13.8. The Morgan fingerprint density at radius 2 is 1.62 bits per heavy atom. The summed E-state index contributed by atoms with van der Waals surface area (Å²) < 4.78 is 11.1. The molecule has 2 aromatic carbocycles. The number of benzene rings is 2. The standard InChI is InChI=1S/C22H28N4O3/c1-25-10-12-26(13-11-25)19-5-2-17(3-6-19)24-22(27)8-9-23-18-4-7-20-21(16-18)29-15-14-28-20/h2-7,16,23H,8-15H2,1H3,(H,24,27). The van der Waals surface area contributed by atoms with Gasteiger partial charge in [0.05, 0.1) is 0 Å². The average Bonchev–Trinajstić information content (AvgIpc) is 2.75. The molecular formula is C22H28N4O3. The van der Waals surface area contributed by atoms with Gasteiger partial charge in [0.2, 0.25) is 5.91 Å². The van der Waals surface area contributed by atoms with E-state index >= 15 is 0 Å². The van der Waals surface area contributed by atoms with Crippen molar-refractivity contribution in [1.29, 1.82) is 0 Å².